The smallest absolute Gasteiger partial charge is 0.248 e. The van der Waals surface area contributed by atoms with Gasteiger partial charge in [0.15, 0.2) is 0 Å². The van der Waals surface area contributed by atoms with Gasteiger partial charge in [-0.2, -0.15) is 11.3 Å². The van der Waals surface area contributed by atoms with Crippen LogP contribution in [0.2, 0.25) is 0 Å². The van der Waals surface area contributed by atoms with Crippen molar-refractivity contribution in [2.45, 2.75) is 19.5 Å². The molecule has 0 saturated carbocycles. The van der Waals surface area contributed by atoms with Crippen molar-refractivity contribution < 1.29 is 4.42 Å². The minimum absolute atomic E-state index is 0.259. The highest BCUT2D eigenvalue weighted by molar-refractivity contribution is 9.10. The molecular formula is C15H14BrN3OS. The predicted molar refractivity (Wildman–Crippen MR) is 87.0 cm³/mol. The first-order valence-corrected chi connectivity index (χ1v) is 8.30. The fraction of sp³-hybridized carbons (Fsp3) is 0.200. The molecule has 0 bridgehead atoms. The molecule has 0 saturated heterocycles. The molecule has 1 unspecified atom stereocenters. The van der Waals surface area contributed by atoms with Gasteiger partial charge in [0.2, 0.25) is 11.8 Å². The largest absolute Gasteiger partial charge is 0.419 e. The molecule has 0 spiro atoms. The Kier molecular flexibility index (Phi) is 4.48. The van der Waals surface area contributed by atoms with E-state index >= 15 is 0 Å². The summed E-state index contributed by atoms with van der Waals surface area (Å²) in [6, 6.07) is 10.2. The van der Waals surface area contributed by atoms with Crippen molar-refractivity contribution in [2.24, 2.45) is 0 Å². The van der Waals surface area contributed by atoms with Crippen LogP contribution in [0, 0.1) is 0 Å². The molecule has 6 heteroatoms. The van der Waals surface area contributed by atoms with Crippen LogP contribution in [0.25, 0.3) is 11.5 Å². The number of nitrogens with one attached hydrogen (secondary N) is 1. The monoisotopic (exact) mass is 363 g/mol. The Morgan fingerprint density at radius 2 is 2.14 bits per heavy atom. The molecule has 0 aliphatic carbocycles. The van der Waals surface area contributed by atoms with E-state index in [0.717, 1.165) is 10.0 Å². The van der Waals surface area contributed by atoms with Crippen LogP contribution in [-0.4, -0.2) is 10.2 Å². The first-order valence-electron chi connectivity index (χ1n) is 6.57. The maximum absolute atomic E-state index is 5.71. The summed E-state index contributed by atoms with van der Waals surface area (Å²) in [7, 11) is 0. The zero-order valence-corrected chi connectivity index (χ0v) is 13.8. The lowest BCUT2D eigenvalue weighted by atomic mass is 10.2. The maximum atomic E-state index is 5.71. The third-order valence-corrected chi connectivity index (χ3v) is 4.57. The standard InChI is InChI=1S/C15H14BrN3OS/c1-10(11-6-7-21-9-11)17-8-14-18-19-15(20-14)12-4-2-3-5-13(12)16/h2-7,9-10,17H,8H2,1H3. The van der Waals surface area contributed by atoms with Crippen molar-refractivity contribution >= 4 is 27.3 Å². The van der Waals surface area contributed by atoms with Crippen LogP contribution in [0.15, 0.2) is 50.0 Å². The third kappa shape index (κ3) is 3.40. The molecular weight excluding hydrogens is 350 g/mol. The van der Waals surface area contributed by atoms with Gasteiger partial charge in [-0.25, -0.2) is 0 Å². The second kappa shape index (κ2) is 6.51. The highest BCUT2D eigenvalue weighted by atomic mass is 79.9. The van der Waals surface area contributed by atoms with Crippen LogP contribution >= 0.6 is 27.3 Å². The Hall–Kier alpha value is -1.50. The van der Waals surface area contributed by atoms with E-state index in [4.69, 9.17) is 4.42 Å². The Bertz CT molecular complexity index is 711. The van der Waals surface area contributed by atoms with Gasteiger partial charge in [-0.1, -0.05) is 12.1 Å². The van der Waals surface area contributed by atoms with Crippen LogP contribution in [0.1, 0.15) is 24.4 Å². The number of aromatic nitrogens is 2. The molecule has 0 fully saturated rings. The lowest BCUT2D eigenvalue weighted by Crippen LogP contribution is -2.17. The first kappa shape index (κ1) is 14.4. The molecule has 2 aromatic heterocycles. The van der Waals surface area contributed by atoms with Crippen molar-refractivity contribution in [3.8, 4) is 11.5 Å². The summed E-state index contributed by atoms with van der Waals surface area (Å²) in [5, 5.41) is 15.8. The number of thiophene rings is 1. The van der Waals surface area contributed by atoms with E-state index in [-0.39, 0.29) is 6.04 Å². The normalized spacial score (nSPS) is 12.5. The molecule has 3 rings (SSSR count). The second-order valence-corrected chi connectivity index (χ2v) is 6.27. The van der Waals surface area contributed by atoms with Gasteiger partial charge in [0, 0.05) is 10.5 Å². The van der Waals surface area contributed by atoms with E-state index in [9.17, 15) is 0 Å². The summed E-state index contributed by atoms with van der Waals surface area (Å²) in [6.07, 6.45) is 0. The molecule has 0 aliphatic heterocycles. The van der Waals surface area contributed by atoms with Gasteiger partial charge in [0.05, 0.1) is 12.1 Å². The van der Waals surface area contributed by atoms with Gasteiger partial charge < -0.3 is 9.73 Å². The van der Waals surface area contributed by atoms with Crippen molar-refractivity contribution in [1.82, 2.24) is 15.5 Å². The zero-order valence-electron chi connectivity index (χ0n) is 11.4. The summed E-state index contributed by atoms with van der Waals surface area (Å²) in [5.41, 5.74) is 2.17. The fourth-order valence-corrected chi connectivity index (χ4v) is 3.16. The van der Waals surface area contributed by atoms with Crippen LogP contribution in [0.3, 0.4) is 0 Å². The average Bonchev–Trinajstić information content (AvgIpc) is 3.17. The second-order valence-electron chi connectivity index (χ2n) is 4.64. The van der Waals surface area contributed by atoms with Gasteiger partial charge in [-0.3, -0.25) is 0 Å². The molecule has 21 heavy (non-hydrogen) atoms. The van der Waals surface area contributed by atoms with Crippen molar-refractivity contribution in [2.75, 3.05) is 0 Å². The molecule has 0 radical (unpaired) electrons. The van der Waals surface area contributed by atoms with Crippen molar-refractivity contribution in [1.29, 1.82) is 0 Å². The molecule has 0 amide bonds. The lowest BCUT2D eigenvalue weighted by molar-refractivity contribution is 0.454. The molecule has 1 N–H and O–H groups in total. The summed E-state index contributed by atoms with van der Waals surface area (Å²) >= 11 is 5.18. The number of halogens is 1. The molecule has 108 valence electrons. The topological polar surface area (TPSA) is 51.0 Å². The first-order chi connectivity index (χ1) is 10.2. The van der Waals surface area contributed by atoms with Gasteiger partial charge in [-0.15, -0.1) is 10.2 Å². The maximum Gasteiger partial charge on any atom is 0.248 e. The zero-order chi connectivity index (χ0) is 14.7. The lowest BCUT2D eigenvalue weighted by Gasteiger charge is -2.09. The average molecular weight is 364 g/mol. The Morgan fingerprint density at radius 1 is 1.29 bits per heavy atom. The molecule has 1 atom stereocenters. The fourth-order valence-electron chi connectivity index (χ4n) is 1.95. The van der Waals surface area contributed by atoms with Crippen LogP contribution in [-0.2, 0) is 6.54 Å². The molecule has 3 aromatic rings. The van der Waals surface area contributed by atoms with Crippen molar-refractivity contribution in [3.05, 3.63) is 57.0 Å². The minimum atomic E-state index is 0.259. The van der Waals surface area contributed by atoms with E-state index in [1.165, 1.54) is 5.56 Å². The van der Waals surface area contributed by atoms with Gasteiger partial charge >= 0.3 is 0 Å². The van der Waals surface area contributed by atoms with E-state index in [0.29, 0.717) is 18.3 Å². The number of nitrogens with zero attached hydrogens (tertiary/aromatic N) is 2. The van der Waals surface area contributed by atoms with Crippen molar-refractivity contribution in [3.63, 3.8) is 0 Å². The predicted octanol–water partition coefficient (Wildman–Crippen LogP) is 4.41. The Balaban J connectivity index is 1.67. The van der Waals surface area contributed by atoms with E-state index in [1.54, 1.807) is 11.3 Å². The van der Waals surface area contributed by atoms with E-state index < -0.39 is 0 Å². The van der Waals surface area contributed by atoms with Gasteiger partial charge in [-0.05, 0) is 57.4 Å². The number of hydrogen-bond acceptors (Lipinski definition) is 5. The van der Waals surface area contributed by atoms with Crippen LogP contribution in [0.5, 0.6) is 0 Å². The molecule has 0 aliphatic rings. The number of benzene rings is 1. The summed E-state index contributed by atoms with van der Waals surface area (Å²) in [6.45, 7) is 2.67. The SMILES string of the molecule is CC(NCc1nnc(-c2ccccc2Br)o1)c1ccsc1. The quantitative estimate of drug-likeness (QED) is 0.729. The van der Waals surface area contributed by atoms with Crippen LogP contribution < -0.4 is 5.32 Å². The van der Waals surface area contributed by atoms with E-state index in [2.05, 4.69) is 55.2 Å². The Morgan fingerprint density at radius 3 is 2.90 bits per heavy atom. The number of hydrogen-bond donors (Lipinski definition) is 1. The van der Waals surface area contributed by atoms with Gasteiger partial charge in [0.25, 0.3) is 0 Å². The third-order valence-electron chi connectivity index (χ3n) is 3.17. The highest BCUT2D eigenvalue weighted by Gasteiger charge is 2.12. The minimum Gasteiger partial charge on any atom is -0.419 e. The number of rotatable bonds is 5. The summed E-state index contributed by atoms with van der Waals surface area (Å²) in [5.74, 6) is 1.12. The molecule has 1 aromatic carbocycles. The van der Waals surface area contributed by atoms with Crippen LogP contribution in [0.4, 0.5) is 0 Å². The molecule has 4 nitrogen and oxygen atoms in total. The summed E-state index contributed by atoms with van der Waals surface area (Å²) in [4.78, 5) is 0. The summed E-state index contributed by atoms with van der Waals surface area (Å²) < 4.78 is 6.65. The van der Waals surface area contributed by atoms with Gasteiger partial charge in [0.1, 0.15) is 0 Å². The van der Waals surface area contributed by atoms with E-state index in [1.807, 2.05) is 24.3 Å². The Labute approximate surface area is 135 Å². The highest BCUT2D eigenvalue weighted by Crippen LogP contribution is 2.26. The molecule has 2 heterocycles.